The Balaban J connectivity index is 1.78. The first-order valence-corrected chi connectivity index (χ1v) is 7.47. The Hall–Kier alpha value is -2.29. The van der Waals surface area contributed by atoms with E-state index in [-0.39, 0.29) is 12.1 Å². The maximum Gasteiger partial charge on any atom is 0.315 e. The summed E-state index contributed by atoms with van der Waals surface area (Å²) in [6.45, 7) is 1.98. The Labute approximate surface area is 136 Å². The fourth-order valence-electron chi connectivity index (χ4n) is 2.33. The van der Waals surface area contributed by atoms with Crippen LogP contribution in [0.15, 0.2) is 12.1 Å². The zero-order valence-electron chi connectivity index (χ0n) is 13.0. The molecule has 3 N–H and O–H groups in total. The highest BCUT2D eigenvalue weighted by atomic mass is 19.2. The molecule has 3 amide bonds. The zero-order valence-corrected chi connectivity index (χ0v) is 13.0. The molecule has 0 aliphatic carbocycles. The highest BCUT2D eigenvalue weighted by Crippen LogP contribution is 2.19. The van der Waals surface area contributed by atoms with Crippen LogP contribution < -0.4 is 16.0 Å². The standard InChI is InChI=1S/C15H18F3N3O3/c1-8(11-3-2-6-24-11)20-15(23)19-7-12(22)21-10-5-4-9(16)13(17)14(10)18/h4-5,8,11H,2-3,6-7H2,1H3,(H,21,22)(H2,19,20,23). The Morgan fingerprint density at radius 2 is 2.04 bits per heavy atom. The summed E-state index contributed by atoms with van der Waals surface area (Å²) in [5, 5.41) is 6.98. The summed E-state index contributed by atoms with van der Waals surface area (Å²) in [6.07, 6.45) is 1.71. The molecule has 1 aliphatic rings. The normalized spacial score (nSPS) is 18.1. The number of nitrogens with one attached hydrogen (secondary N) is 3. The van der Waals surface area contributed by atoms with Crippen molar-refractivity contribution in [3.63, 3.8) is 0 Å². The molecule has 0 radical (unpaired) electrons. The quantitative estimate of drug-likeness (QED) is 0.713. The first-order chi connectivity index (χ1) is 11.4. The molecule has 1 aromatic rings. The Bertz CT molecular complexity index is 621. The third kappa shape index (κ3) is 4.60. The van der Waals surface area contributed by atoms with Crippen molar-refractivity contribution >= 4 is 17.6 Å². The molecule has 2 atom stereocenters. The predicted molar refractivity (Wildman–Crippen MR) is 79.9 cm³/mol. The van der Waals surface area contributed by atoms with Crippen molar-refractivity contribution in [1.82, 2.24) is 10.6 Å². The molecule has 1 heterocycles. The summed E-state index contributed by atoms with van der Waals surface area (Å²) in [7, 11) is 0. The fraction of sp³-hybridized carbons (Fsp3) is 0.467. The molecule has 0 saturated carbocycles. The van der Waals surface area contributed by atoms with Gasteiger partial charge in [-0.2, -0.15) is 0 Å². The van der Waals surface area contributed by atoms with Gasteiger partial charge in [0.15, 0.2) is 17.5 Å². The van der Waals surface area contributed by atoms with Crippen molar-refractivity contribution in [3.05, 3.63) is 29.6 Å². The molecule has 6 nitrogen and oxygen atoms in total. The maximum atomic E-state index is 13.4. The topological polar surface area (TPSA) is 79.5 Å². The number of urea groups is 1. The number of amides is 3. The van der Waals surface area contributed by atoms with Gasteiger partial charge in [0.25, 0.3) is 0 Å². The zero-order chi connectivity index (χ0) is 17.7. The van der Waals surface area contributed by atoms with Gasteiger partial charge < -0.3 is 20.7 Å². The average molecular weight is 345 g/mol. The molecule has 2 rings (SSSR count). The van der Waals surface area contributed by atoms with Gasteiger partial charge in [-0.3, -0.25) is 4.79 Å². The Morgan fingerprint density at radius 1 is 1.29 bits per heavy atom. The van der Waals surface area contributed by atoms with Crippen LogP contribution in [0, 0.1) is 17.5 Å². The van der Waals surface area contributed by atoms with E-state index < -0.39 is 41.6 Å². The van der Waals surface area contributed by atoms with E-state index in [2.05, 4.69) is 16.0 Å². The molecule has 2 unspecified atom stereocenters. The second kappa shape index (κ2) is 8.00. The van der Waals surface area contributed by atoms with E-state index in [4.69, 9.17) is 4.74 Å². The van der Waals surface area contributed by atoms with Crippen LogP contribution in [0.4, 0.5) is 23.7 Å². The molecular weight excluding hydrogens is 327 g/mol. The van der Waals surface area contributed by atoms with E-state index in [0.717, 1.165) is 18.9 Å². The monoisotopic (exact) mass is 345 g/mol. The highest BCUT2D eigenvalue weighted by Gasteiger charge is 2.23. The number of rotatable bonds is 5. The van der Waals surface area contributed by atoms with E-state index in [1.165, 1.54) is 0 Å². The van der Waals surface area contributed by atoms with E-state index >= 15 is 0 Å². The smallest absolute Gasteiger partial charge is 0.315 e. The van der Waals surface area contributed by atoms with Gasteiger partial charge in [-0.25, -0.2) is 18.0 Å². The van der Waals surface area contributed by atoms with E-state index in [1.807, 2.05) is 0 Å². The maximum absolute atomic E-state index is 13.4. The van der Waals surface area contributed by atoms with E-state index in [0.29, 0.717) is 12.7 Å². The highest BCUT2D eigenvalue weighted by molar-refractivity contribution is 5.94. The van der Waals surface area contributed by atoms with Gasteiger partial charge in [-0.05, 0) is 31.9 Å². The average Bonchev–Trinajstić information content (AvgIpc) is 3.08. The summed E-state index contributed by atoms with van der Waals surface area (Å²) in [4.78, 5) is 23.3. The lowest BCUT2D eigenvalue weighted by atomic mass is 10.1. The lowest BCUT2D eigenvalue weighted by Crippen LogP contribution is -2.47. The van der Waals surface area contributed by atoms with Crippen LogP contribution in [0.2, 0.25) is 0 Å². The lowest BCUT2D eigenvalue weighted by Gasteiger charge is -2.20. The summed E-state index contributed by atoms with van der Waals surface area (Å²) in [5.41, 5.74) is -0.506. The number of ether oxygens (including phenoxy) is 1. The van der Waals surface area contributed by atoms with Crippen LogP contribution in [0.5, 0.6) is 0 Å². The largest absolute Gasteiger partial charge is 0.376 e. The van der Waals surface area contributed by atoms with Gasteiger partial charge >= 0.3 is 6.03 Å². The van der Waals surface area contributed by atoms with Crippen molar-refractivity contribution in [2.75, 3.05) is 18.5 Å². The van der Waals surface area contributed by atoms with E-state index in [9.17, 15) is 22.8 Å². The molecule has 0 spiro atoms. The SMILES string of the molecule is CC(NC(=O)NCC(=O)Nc1ccc(F)c(F)c1F)C1CCCO1. The van der Waals surface area contributed by atoms with Crippen LogP contribution in [0.1, 0.15) is 19.8 Å². The van der Waals surface area contributed by atoms with Gasteiger partial charge in [0.05, 0.1) is 24.4 Å². The predicted octanol–water partition coefficient (Wildman–Crippen LogP) is 1.91. The first kappa shape index (κ1) is 18.1. The third-order valence-electron chi connectivity index (χ3n) is 3.60. The fourth-order valence-corrected chi connectivity index (χ4v) is 2.33. The van der Waals surface area contributed by atoms with Gasteiger partial charge in [-0.15, -0.1) is 0 Å². The Morgan fingerprint density at radius 3 is 2.71 bits per heavy atom. The third-order valence-corrected chi connectivity index (χ3v) is 3.60. The minimum atomic E-state index is -1.68. The molecule has 1 fully saturated rings. The van der Waals surface area contributed by atoms with E-state index in [1.54, 1.807) is 6.92 Å². The van der Waals surface area contributed by atoms with Crippen LogP contribution >= 0.6 is 0 Å². The molecule has 132 valence electrons. The van der Waals surface area contributed by atoms with Crippen molar-refractivity contribution in [2.45, 2.75) is 31.9 Å². The van der Waals surface area contributed by atoms with Gasteiger partial charge in [0.1, 0.15) is 0 Å². The molecule has 0 aromatic heterocycles. The number of carbonyl (C=O) groups excluding carboxylic acids is 2. The number of anilines is 1. The van der Waals surface area contributed by atoms with Crippen LogP contribution in [-0.4, -0.2) is 37.2 Å². The lowest BCUT2D eigenvalue weighted by molar-refractivity contribution is -0.115. The second-order valence-corrected chi connectivity index (χ2v) is 5.44. The number of hydrogen-bond acceptors (Lipinski definition) is 3. The first-order valence-electron chi connectivity index (χ1n) is 7.47. The molecule has 0 bridgehead atoms. The van der Waals surface area contributed by atoms with Crippen LogP contribution in [0.3, 0.4) is 0 Å². The summed E-state index contributed by atoms with van der Waals surface area (Å²) < 4.78 is 44.7. The van der Waals surface area contributed by atoms with Gasteiger partial charge in [-0.1, -0.05) is 0 Å². The number of hydrogen-bond donors (Lipinski definition) is 3. The molecule has 1 saturated heterocycles. The molecular formula is C15H18F3N3O3. The minimum absolute atomic E-state index is 0.0686. The second-order valence-electron chi connectivity index (χ2n) is 5.44. The van der Waals surface area contributed by atoms with Crippen molar-refractivity contribution < 1.29 is 27.5 Å². The van der Waals surface area contributed by atoms with Crippen LogP contribution in [0.25, 0.3) is 0 Å². The summed E-state index contributed by atoms with van der Waals surface area (Å²) >= 11 is 0. The molecule has 1 aliphatic heterocycles. The number of halogens is 3. The molecule has 9 heteroatoms. The minimum Gasteiger partial charge on any atom is -0.376 e. The van der Waals surface area contributed by atoms with Gasteiger partial charge in [0, 0.05) is 6.61 Å². The van der Waals surface area contributed by atoms with Crippen molar-refractivity contribution in [1.29, 1.82) is 0 Å². The number of carbonyl (C=O) groups is 2. The van der Waals surface area contributed by atoms with Gasteiger partial charge in [0.2, 0.25) is 5.91 Å². The number of benzene rings is 1. The molecule has 24 heavy (non-hydrogen) atoms. The Kier molecular flexibility index (Phi) is 6.02. The van der Waals surface area contributed by atoms with Crippen molar-refractivity contribution in [2.24, 2.45) is 0 Å². The van der Waals surface area contributed by atoms with Crippen LogP contribution in [-0.2, 0) is 9.53 Å². The summed E-state index contributed by atoms with van der Waals surface area (Å²) in [6, 6.07) is 0.779. The summed E-state index contributed by atoms with van der Waals surface area (Å²) in [5.74, 6) is -5.31. The molecule has 1 aromatic carbocycles. The van der Waals surface area contributed by atoms with Crippen molar-refractivity contribution in [3.8, 4) is 0 Å².